The van der Waals surface area contributed by atoms with Crippen molar-refractivity contribution < 1.29 is 53.4 Å². The van der Waals surface area contributed by atoms with Gasteiger partial charge in [-0.05, 0) is 0 Å². The Kier molecular flexibility index (Phi) is 7.11. The van der Waals surface area contributed by atoms with Crippen molar-refractivity contribution in [3.63, 3.8) is 0 Å². The van der Waals surface area contributed by atoms with Crippen LogP contribution in [0.15, 0.2) is 0 Å². The summed E-state index contributed by atoms with van der Waals surface area (Å²) in [6, 6.07) is 0. The third-order valence-corrected chi connectivity index (χ3v) is 2.46. The van der Waals surface area contributed by atoms with Crippen molar-refractivity contribution in [2.24, 2.45) is 0 Å². The van der Waals surface area contributed by atoms with E-state index in [4.69, 9.17) is 39.6 Å². The highest BCUT2D eigenvalue weighted by Crippen LogP contribution is 2.46. The molecule has 0 heterocycles. The molecule has 0 aliphatic heterocycles. The van der Waals surface area contributed by atoms with Crippen LogP contribution >= 0.6 is 16.3 Å². The van der Waals surface area contributed by atoms with Crippen molar-refractivity contribution in [2.75, 3.05) is 13.2 Å². The van der Waals surface area contributed by atoms with E-state index in [0.717, 1.165) is 0 Å². The SMILES string of the molecule is O=C(CO[P+](O)(O)O)[C@@H](O)[C@H](O)CO[P+](O)(O)O. The standard InChI is InChI=1S/C5H14O11P2/c6-3(1-15-17(9,10)11)5(8)4(7)2-16-18(12,13)14/h3,5-6,8-14H,1-2H2/q+2/t3-,5+/m1/s1. The van der Waals surface area contributed by atoms with Gasteiger partial charge in [-0.1, -0.05) is 0 Å². The fourth-order valence-electron chi connectivity index (χ4n) is 0.718. The first-order chi connectivity index (χ1) is 7.92. The van der Waals surface area contributed by atoms with Crippen LogP contribution < -0.4 is 0 Å². The van der Waals surface area contributed by atoms with Crippen LogP contribution in [0.25, 0.3) is 0 Å². The second-order valence-corrected chi connectivity index (χ2v) is 5.64. The van der Waals surface area contributed by atoms with Crippen LogP contribution in [0.1, 0.15) is 0 Å². The third-order valence-electron chi connectivity index (χ3n) is 1.49. The highest BCUT2D eigenvalue weighted by atomic mass is 31.2. The number of aliphatic hydroxyl groups is 2. The predicted molar refractivity (Wildman–Crippen MR) is 56.1 cm³/mol. The van der Waals surface area contributed by atoms with E-state index in [1.807, 2.05) is 0 Å². The number of ketones is 1. The smallest absolute Gasteiger partial charge is 0.387 e. The molecule has 0 aliphatic carbocycles. The number of carbonyl (C=O) groups excluding carboxylic acids is 1. The lowest BCUT2D eigenvalue weighted by molar-refractivity contribution is -0.137. The summed E-state index contributed by atoms with van der Waals surface area (Å²) in [5.74, 6) is -1.23. The quantitative estimate of drug-likeness (QED) is 0.208. The van der Waals surface area contributed by atoms with E-state index < -0.39 is 47.5 Å². The molecule has 11 nitrogen and oxygen atoms in total. The fourth-order valence-corrected chi connectivity index (χ4v) is 1.37. The Morgan fingerprint density at radius 3 is 1.78 bits per heavy atom. The maximum atomic E-state index is 11.1. The molecule has 2 atom stereocenters. The van der Waals surface area contributed by atoms with Gasteiger partial charge in [-0.15, -0.1) is 4.52 Å². The lowest BCUT2D eigenvalue weighted by atomic mass is 10.1. The molecule has 0 saturated carbocycles. The van der Waals surface area contributed by atoms with E-state index >= 15 is 0 Å². The average Bonchev–Trinajstić information content (AvgIpc) is 2.19. The Labute approximate surface area is 102 Å². The second kappa shape index (κ2) is 7.06. The van der Waals surface area contributed by atoms with Crippen LogP contribution in [0.2, 0.25) is 0 Å². The van der Waals surface area contributed by atoms with Gasteiger partial charge in [0, 0.05) is 0 Å². The van der Waals surface area contributed by atoms with Gasteiger partial charge in [0.05, 0.1) is 0 Å². The maximum Gasteiger partial charge on any atom is 0.567 e. The van der Waals surface area contributed by atoms with Crippen LogP contribution in [0, 0.1) is 0 Å². The summed E-state index contributed by atoms with van der Waals surface area (Å²) in [5.41, 5.74) is 0. The predicted octanol–water partition coefficient (Wildman–Crippen LogP) is -3.38. The molecule has 0 rings (SSSR count). The van der Waals surface area contributed by atoms with Crippen LogP contribution in [-0.4, -0.2) is 70.8 Å². The van der Waals surface area contributed by atoms with E-state index in [-0.39, 0.29) is 0 Å². The number of aliphatic hydroxyl groups excluding tert-OH is 2. The molecule has 0 aromatic carbocycles. The summed E-state index contributed by atoms with van der Waals surface area (Å²) in [7, 11) is -9.25. The molecule has 108 valence electrons. The van der Waals surface area contributed by atoms with Crippen molar-refractivity contribution >= 4 is 22.1 Å². The molecular weight excluding hydrogens is 298 g/mol. The number of hydrogen-bond donors (Lipinski definition) is 8. The third kappa shape index (κ3) is 9.11. The number of hydrogen-bond acceptors (Lipinski definition) is 11. The maximum absolute atomic E-state index is 11.1. The Balaban J connectivity index is 4.13. The molecule has 8 N–H and O–H groups in total. The summed E-state index contributed by atoms with van der Waals surface area (Å²) in [6.45, 7) is -2.07. The molecule has 0 spiro atoms. The van der Waals surface area contributed by atoms with Gasteiger partial charge in [-0.25, -0.2) is 0 Å². The van der Waals surface area contributed by atoms with Crippen molar-refractivity contribution in [2.45, 2.75) is 12.2 Å². The fraction of sp³-hybridized carbons (Fsp3) is 0.800. The number of rotatable bonds is 8. The number of carbonyl (C=O) groups is 1. The summed E-state index contributed by atoms with van der Waals surface area (Å²) >= 11 is 0. The minimum Gasteiger partial charge on any atom is -0.387 e. The van der Waals surface area contributed by atoms with E-state index in [2.05, 4.69) is 9.05 Å². The van der Waals surface area contributed by atoms with E-state index in [0.29, 0.717) is 0 Å². The molecule has 0 aromatic rings. The molecule has 18 heavy (non-hydrogen) atoms. The molecule has 0 aliphatic rings. The van der Waals surface area contributed by atoms with E-state index in [1.54, 1.807) is 0 Å². The summed E-state index contributed by atoms with van der Waals surface area (Å²) in [5, 5.41) is 18.3. The highest BCUT2D eigenvalue weighted by Gasteiger charge is 2.39. The van der Waals surface area contributed by atoms with Gasteiger partial charge in [-0.3, -0.25) is 4.79 Å². The van der Waals surface area contributed by atoms with Gasteiger partial charge in [0.1, 0.15) is 18.8 Å². The molecule has 0 amide bonds. The Morgan fingerprint density at radius 1 is 0.944 bits per heavy atom. The minimum absolute atomic E-state index is 0.970. The van der Waals surface area contributed by atoms with Crippen LogP contribution in [0.3, 0.4) is 0 Å². The molecule has 0 aromatic heterocycles. The first-order valence-corrected chi connectivity index (χ1v) is 7.38. The molecule has 0 radical (unpaired) electrons. The van der Waals surface area contributed by atoms with E-state index in [9.17, 15) is 4.79 Å². The average molecular weight is 312 g/mol. The van der Waals surface area contributed by atoms with Crippen LogP contribution in [0.4, 0.5) is 0 Å². The van der Waals surface area contributed by atoms with Gasteiger partial charge < -0.3 is 10.2 Å². The molecule has 0 fully saturated rings. The summed E-state index contributed by atoms with van der Waals surface area (Å²) in [6.07, 6.45) is -4.03. The minimum atomic E-state index is -4.64. The molecule has 0 bridgehead atoms. The molecule has 0 saturated heterocycles. The van der Waals surface area contributed by atoms with Gasteiger partial charge >= 0.3 is 16.3 Å². The lowest BCUT2D eigenvalue weighted by Gasteiger charge is -2.15. The Morgan fingerprint density at radius 2 is 1.39 bits per heavy atom. The largest absolute Gasteiger partial charge is 0.567 e. The summed E-state index contributed by atoms with van der Waals surface area (Å²) in [4.78, 5) is 61.4. The van der Waals surface area contributed by atoms with Crippen LogP contribution in [0.5, 0.6) is 0 Å². The van der Waals surface area contributed by atoms with Crippen molar-refractivity contribution in [1.82, 2.24) is 0 Å². The van der Waals surface area contributed by atoms with Gasteiger partial charge in [0.2, 0.25) is 0 Å². The summed E-state index contributed by atoms with van der Waals surface area (Å²) < 4.78 is 7.82. The van der Waals surface area contributed by atoms with Crippen molar-refractivity contribution in [1.29, 1.82) is 0 Å². The Bertz CT molecular complexity index is 270. The van der Waals surface area contributed by atoms with Crippen molar-refractivity contribution in [3.05, 3.63) is 0 Å². The van der Waals surface area contributed by atoms with Crippen LogP contribution in [-0.2, 0) is 13.8 Å². The van der Waals surface area contributed by atoms with Gasteiger partial charge in [0.25, 0.3) is 0 Å². The van der Waals surface area contributed by atoms with E-state index in [1.165, 1.54) is 0 Å². The lowest BCUT2D eigenvalue weighted by Crippen LogP contribution is -2.39. The zero-order chi connectivity index (χ0) is 14.6. The zero-order valence-electron chi connectivity index (χ0n) is 8.77. The van der Waals surface area contributed by atoms with Gasteiger partial charge in [0.15, 0.2) is 12.4 Å². The second-order valence-electron chi connectivity index (χ2n) is 3.07. The topological polar surface area (TPSA) is 197 Å². The Hall–Kier alpha value is 0.130. The zero-order valence-corrected chi connectivity index (χ0v) is 10.6. The molecule has 0 unspecified atom stereocenters. The number of Topliss-reactive ketones (excluding diaryl/α,β-unsaturated/α-hetero) is 1. The van der Waals surface area contributed by atoms with Gasteiger partial charge in [-0.2, -0.15) is 33.9 Å². The first kappa shape index (κ1) is 18.1. The first-order valence-electron chi connectivity index (χ1n) is 4.25. The normalized spacial score (nSPS) is 16.4. The highest BCUT2D eigenvalue weighted by molar-refractivity contribution is 7.53. The van der Waals surface area contributed by atoms with Crippen molar-refractivity contribution in [3.8, 4) is 0 Å². The monoisotopic (exact) mass is 312 g/mol. The molecular formula is C5H14O11P2+2. The molecule has 13 heteroatoms.